The van der Waals surface area contributed by atoms with Gasteiger partial charge in [0.1, 0.15) is 24.4 Å². The number of rotatable bonds is 8. The Morgan fingerprint density at radius 1 is 1.15 bits per heavy atom. The molecule has 1 N–H and O–H groups in total. The first-order valence-corrected chi connectivity index (χ1v) is 10.2. The molecule has 1 amide bonds. The van der Waals surface area contributed by atoms with Crippen LogP contribution in [0, 0.1) is 10.1 Å². The number of furan rings is 1. The number of benzene rings is 2. The number of amides is 1. The van der Waals surface area contributed by atoms with Crippen LogP contribution in [0.3, 0.4) is 0 Å². The quantitative estimate of drug-likeness (QED) is 0.274. The molecule has 4 aromatic rings. The first kappa shape index (κ1) is 22.3. The van der Waals surface area contributed by atoms with Crippen LogP contribution in [0.2, 0.25) is 10.0 Å². The molecule has 0 aliphatic rings. The van der Waals surface area contributed by atoms with Gasteiger partial charge in [-0.2, -0.15) is 0 Å². The van der Waals surface area contributed by atoms with Gasteiger partial charge in [-0.1, -0.05) is 41.4 Å². The Hall–Kier alpha value is -3.89. The Kier molecular flexibility index (Phi) is 6.57. The molecule has 10 nitrogen and oxygen atoms in total. The van der Waals surface area contributed by atoms with E-state index in [1.165, 1.54) is 30.6 Å². The summed E-state index contributed by atoms with van der Waals surface area (Å²) in [4.78, 5) is 26.7. The van der Waals surface area contributed by atoms with Crippen LogP contribution >= 0.6 is 23.2 Å². The van der Waals surface area contributed by atoms with Crippen LogP contribution in [0.25, 0.3) is 0 Å². The molecule has 0 spiro atoms. The lowest BCUT2D eigenvalue weighted by Crippen LogP contribution is -2.12. The van der Waals surface area contributed by atoms with E-state index in [2.05, 4.69) is 15.4 Å². The van der Waals surface area contributed by atoms with Gasteiger partial charge in [0.25, 0.3) is 11.6 Å². The number of nitrogens with zero attached hydrogens (tertiary/aromatic N) is 4. The smallest absolute Gasteiger partial charge is 0.293 e. The number of nitrogens with one attached hydrogen (secondary N) is 1. The molecule has 0 aliphatic carbocycles. The number of halogens is 2. The van der Waals surface area contributed by atoms with Gasteiger partial charge in [-0.25, -0.2) is 9.67 Å². The molecule has 0 bridgehead atoms. The highest BCUT2D eigenvalue weighted by Crippen LogP contribution is 2.29. The number of hydrogen-bond acceptors (Lipinski definition) is 7. The van der Waals surface area contributed by atoms with Crippen molar-refractivity contribution in [1.82, 2.24) is 14.8 Å². The molecule has 12 heteroatoms. The fourth-order valence-electron chi connectivity index (χ4n) is 2.84. The summed E-state index contributed by atoms with van der Waals surface area (Å²) in [6.45, 7) is 0.367. The second-order valence-electron chi connectivity index (χ2n) is 6.74. The molecule has 0 unspecified atom stereocenters. The molecule has 0 saturated carbocycles. The predicted molar refractivity (Wildman–Crippen MR) is 120 cm³/mol. The maximum atomic E-state index is 12.4. The fraction of sp³-hybridized carbons (Fsp3) is 0.0952. The number of aromatic nitrogens is 3. The van der Waals surface area contributed by atoms with Gasteiger partial charge in [0.15, 0.2) is 5.76 Å². The van der Waals surface area contributed by atoms with E-state index in [4.69, 9.17) is 32.4 Å². The van der Waals surface area contributed by atoms with Crippen LogP contribution in [-0.2, 0) is 13.2 Å². The van der Waals surface area contributed by atoms with E-state index in [0.29, 0.717) is 17.3 Å². The molecule has 0 radical (unpaired) electrons. The number of ether oxygens (including phenoxy) is 1. The van der Waals surface area contributed by atoms with Crippen LogP contribution in [-0.4, -0.2) is 25.6 Å². The molecule has 2 heterocycles. The first-order chi connectivity index (χ1) is 15.9. The maximum absolute atomic E-state index is 12.4. The molecule has 2 aromatic heterocycles. The fourth-order valence-corrected chi connectivity index (χ4v) is 3.26. The van der Waals surface area contributed by atoms with Crippen molar-refractivity contribution >= 4 is 40.7 Å². The monoisotopic (exact) mass is 487 g/mol. The highest BCUT2D eigenvalue weighted by molar-refractivity contribution is 6.32. The molecule has 4 rings (SSSR count). The molecular formula is C21H15Cl2N5O5. The minimum atomic E-state index is -0.554. The van der Waals surface area contributed by atoms with Gasteiger partial charge in [-0.05, 0) is 29.8 Å². The van der Waals surface area contributed by atoms with Crippen LogP contribution in [0.15, 0.2) is 65.3 Å². The van der Waals surface area contributed by atoms with Gasteiger partial charge in [-0.15, -0.1) is 5.10 Å². The normalized spacial score (nSPS) is 10.7. The highest BCUT2D eigenvalue weighted by Gasteiger charge is 2.15. The number of anilines is 1. The van der Waals surface area contributed by atoms with Crippen molar-refractivity contribution in [1.29, 1.82) is 0 Å². The third-order valence-corrected chi connectivity index (χ3v) is 5.10. The molecular weight excluding hydrogens is 473 g/mol. The topological polar surface area (TPSA) is 125 Å². The van der Waals surface area contributed by atoms with Crippen molar-refractivity contribution in [3.05, 3.63) is 98.2 Å². The van der Waals surface area contributed by atoms with E-state index in [0.717, 1.165) is 5.56 Å². The molecule has 168 valence electrons. The summed E-state index contributed by atoms with van der Waals surface area (Å²) in [5, 5.41) is 18.2. The summed E-state index contributed by atoms with van der Waals surface area (Å²) >= 11 is 12.2. The van der Waals surface area contributed by atoms with Crippen molar-refractivity contribution in [2.75, 3.05) is 5.32 Å². The second-order valence-corrected chi connectivity index (χ2v) is 7.55. The molecule has 33 heavy (non-hydrogen) atoms. The summed E-state index contributed by atoms with van der Waals surface area (Å²) in [6.07, 6.45) is 1.48. The average Bonchev–Trinajstić information content (AvgIpc) is 3.44. The molecule has 0 aliphatic heterocycles. The highest BCUT2D eigenvalue weighted by atomic mass is 35.5. The Labute approximate surface area is 196 Å². The summed E-state index contributed by atoms with van der Waals surface area (Å²) in [7, 11) is 0. The summed E-state index contributed by atoms with van der Waals surface area (Å²) in [5.41, 5.74) is 0.720. The lowest BCUT2D eigenvalue weighted by molar-refractivity contribution is -0.384. The number of carbonyl (C=O) groups excluding carboxylic acids is 1. The van der Waals surface area contributed by atoms with Gasteiger partial charge in [0.2, 0.25) is 5.95 Å². The average molecular weight is 488 g/mol. The summed E-state index contributed by atoms with van der Waals surface area (Å²) < 4.78 is 12.6. The standard InChI is InChI=1S/C21H15Cl2N5O5/c22-16-4-2-1-3-13(16)10-27-12-24-21(26-27)25-20(29)19-8-6-15(33-19)11-32-18-7-5-14(28(30)31)9-17(18)23/h1-9,12H,10-11H2,(H,25,26,29). The van der Waals surface area contributed by atoms with Gasteiger partial charge >= 0.3 is 0 Å². The van der Waals surface area contributed by atoms with Crippen LogP contribution < -0.4 is 10.1 Å². The van der Waals surface area contributed by atoms with Crippen LogP contribution in [0.4, 0.5) is 11.6 Å². The summed E-state index contributed by atoms with van der Waals surface area (Å²) in [6, 6.07) is 14.3. The number of nitro benzene ring substituents is 1. The van der Waals surface area contributed by atoms with E-state index in [9.17, 15) is 14.9 Å². The van der Waals surface area contributed by atoms with Gasteiger partial charge in [0, 0.05) is 17.2 Å². The van der Waals surface area contributed by atoms with E-state index in [-0.39, 0.29) is 34.8 Å². The van der Waals surface area contributed by atoms with Crippen molar-refractivity contribution < 1.29 is 18.9 Å². The van der Waals surface area contributed by atoms with Gasteiger partial charge in [-0.3, -0.25) is 20.2 Å². The summed E-state index contributed by atoms with van der Waals surface area (Å²) in [5.74, 6) is 0.208. The molecule has 0 saturated heterocycles. The third-order valence-electron chi connectivity index (χ3n) is 4.43. The van der Waals surface area contributed by atoms with Crippen LogP contribution in [0.1, 0.15) is 21.9 Å². The van der Waals surface area contributed by atoms with Gasteiger partial charge in [0.05, 0.1) is 16.5 Å². The second kappa shape index (κ2) is 9.72. The minimum Gasteiger partial charge on any atom is -0.484 e. The van der Waals surface area contributed by atoms with E-state index < -0.39 is 10.8 Å². The maximum Gasteiger partial charge on any atom is 0.293 e. The van der Waals surface area contributed by atoms with E-state index >= 15 is 0 Å². The zero-order valence-corrected chi connectivity index (χ0v) is 18.3. The molecule has 0 atom stereocenters. The Balaban J connectivity index is 1.34. The Bertz CT molecular complexity index is 1320. The number of hydrogen-bond donors (Lipinski definition) is 1. The van der Waals surface area contributed by atoms with E-state index in [1.807, 2.05) is 18.2 Å². The van der Waals surface area contributed by atoms with Crippen LogP contribution in [0.5, 0.6) is 5.75 Å². The third kappa shape index (κ3) is 5.48. The largest absolute Gasteiger partial charge is 0.484 e. The Morgan fingerprint density at radius 3 is 2.73 bits per heavy atom. The number of nitro groups is 1. The van der Waals surface area contributed by atoms with Crippen molar-refractivity contribution in [3.63, 3.8) is 0 Å². The lowest BCUT2D eigenvalue weighted by atomic mass is 10.2. The zero-order chi connectivity index (χ0) is 23.4. The molecule has 0 fully saturated rings. The number of carbonyl (C=O) groups is 1. The predicted octanol–water partition coefficient (Wildman–Crippen LogP) is 4.97. The Morgan fingerprint density at radius 2 is 1.97 bits per heavy atom. The minimum absolute atomic E-state index is 0.0322. The zero-order valence-electron chi connectivity index (χ0n) is 16.8. The number of non-ortho nitro benzene ring substituents is 1. The SMILES string of the molecule is O=C(Nc1ncn(Cc2ccccc2Cl)n1)c1ccc(COc2ccc([N+](=O)[O-])cc2Cl)o1. The first-order valence-electron chi connectivity index (χ1n) is 9.48. The van der Waals surface area contributed by atoms with Gasteiger partial charge < -0.3 is 9.15 Å². The molecule has 2 aromatic carbocycles. The van der Waals surface area contributed by atoms with Crippen molar-refractivity contribution in [3.8, 4) is 5.75 Å². The lowest BCUT2D eigenvalue weighted by Gasteiger charge is -2.06. The van der Waals surface area contributed by atoms with E-state index in [1.54, 1.807) is 16.8 Å². The van der Waals surface area contributed by atoms with Crippen molar-refractivity contribution in [2.24, 2.45) is 0 Å². The van der Waals surface area contributed by atoms with Crippen molar-refractivity contribution in [2.45, 2.75) is 13.2 Å².